The standard InChI is InChI=1S/C28H26F2N3O7PS/c29-19-8-7-16-18(23(19)30)14-42-21-5-2-1-4-17(21)24(16)33-22-6-3-10-28(11-12-28)32(22)27(35)25-26(20(34)9-13-31(25)33)39-15-40-41(36,37)38/h1-2,4-5,7-9,13,22,24H,3,6,10-12,14-15H2,(H2,36,37,38)/t22-,24+/m1/s1. The summed E-state index contributed by atoms with van der Waals surface area (Å²) in [4.78, 5) is 48.3. The smallest absolute Gasteiger partial charge is 0.460 e. The lowest BCUT2D eigenvalue weighted by atomic mass is 9.90. The van der Waals surface area contributed by atoms with Gasteiger partial charge in [-0.2, -0.15) is 0 Å². The number of benzene rings is 2. The van der Waals surface area contributed by atoms with Gasteiger partial charge in [-0.25, -0.2) is 17.9 Å². The Morgan fingerprint density at radius 3 is 2.60 bits per heavy atom. The third-order valence-corrected chi connectivity index (χ3v) is 10.1. The Kier molecular flexibility index (Phi) is 6.52. The van der Waals surface area contributed by atoms with Crippen LogP contribution in [0, 0.1) is 11.6 Å². The van der Waals surface area contributed by atoms with Crippen molar-refractivity contribution >= 4 is 25.5 Å². The van der Waals surface area contributed by atoms with Crippen LogP contribution in [0.25, 0.3) is 0 Å². The van der Waals surface area contributed by atoms with Crippen molar-refractivity contribution in [1.29, 1.82) is 0 Å². The summed E-state index contributed by atoms with van der Waals surface area (Å²) >= 11 is 1.40. The van der Waals surface area contributed by atoms with E-state index < -0.39 is 61.1 Å². The van der Waals surface area contributed by atoms with Crippen molar-refractivity contribution < 1.29 is 37.2 Å². The summed E-state index contributed by atoms with van der Waals surface area (Å²) in [5, 5.41) is 1.94. The lowest BCUT2D eigenvalue weighted by Crippen LogP contribution is -2.67. The third kappa shape index (κ3) is 4.37. The van der Waals surface area contributed by atoms with Crippen LogP contribution in [0.15, 0.2) is 58.4 Å². The highest BCUT2D eigenvalue weighted by Crippen LogP contribution is 2.54. The number of ether oxygens (including phenoxy) is 1. The number of fused-ring (bicyclic) bond motifs is 5. The van der Waals surface area contributed by atoms with Crippen molar-refractivity contribution in [3.8, 4) is 5.75 Å². The molecule has 1 amide bonds. The number of pyridine rings is 1. The minimum absolute atomic E-state index is 0.125. The number of aromatic nitrogens is 1. The van der Waals surface area contributed by atoms with Gasteiger partial charge in [-0.1, -0.05) is 24.3 Å². The lowest BCUT2D eigenvalue weighted by Gasteiger charge is -2.55. The predicted molar refractivity (Wildman–Crippen MR) is 148 cm³/mol. The van der Waals surface area contributed by atoms with E-state index in [9.17, 15) is 18.5 Å². The summed E-state index contributed by atoms with van der Waals surface area (Å²) in [7, 11) is -4.92. The summed E-state index contributed by atoms with van der Waals surface area (Å²) in [6, 6.07) is 10.8. The van der Waals surface area contributed by atoms with Gasteiger partial charge < -0.3 is 19.4 Å². The molecule has 220 valence electrons. The number of carbonyl (C=O) groups is 1. The molecule has 1 spiro atoms. The number of amides is 1. The Hall–Kier alpha value is -3.22. The number of hydrogen-bond donors (Lipinski definition) is 2. The first kappa shape index (κ1) is 27.6. The quantitative estimate of drug-likeness (QED) is 0.317. The molecule has 1 aliphatic carbocycles. The largest absolute Gasteiger partial charge is 0.472 e. The number of rotatable bonds is 5. The fraction of sp³-hybridized carbons (Fsp3) is 0.357. The molecule has 0 radical (unpaired) electrons. The molecule has 0 bridgehead atoms. The molecule has 10 nitrogen and oxygen atoms in total. The van der Waals surface area contributed by atoms with Gasteiger partial charge >= 0.3 is 7.82 Å². The number of carbonyl (C=O) groups excluding carboxylic acids is 1. The molecule has 0 unspecified atom stereocenters. The Balaban J connectivity index is 1.48. The van der Waals surface area contributed by atoms with Gasteiger partial charge in [0.15, 0.2) is 17.3 Å². The SMILES string of the molecule is O=C1c2c(OCOP(=O)(O)O)c(=O)ccn2N([C@@H]2c3ccccc3SCc3c2ccc(F)c3F)[C@@H]2CCCC3(CC3)N12. The molecule has 42 heavy (non-hydrogen) atoms. The van der Waals surface area contributed by atoms with E-state index in [0.29, 0.717) is 12.0 Å². The van der Waals surface area contributed by atoms with Crippen molar-refractivity contribution in [2.75, 3.05) is 11.8 Å². The molecule has 3 aliphatic heterocycles. The Bertz CT molecular complexity index is 1730. The molecule has 2 atom stereocenters. The minimum atomic E-state index is -4.92. The monoisotopic (exact) mass is 617 g/mol. The van der Waals surface area contributed by atoms with Crippen molar-refractivity contribution in [3.05, 3.63) is 92.9 Å². The number of phosphoric acid groups is 1. The van der Waals surface area contributed by atoms with E-state index >= 15 is 4.39 Å². The molecule has 1 saturated heterocycles. The number of nitrogens with zero attached hydrogens (tertiary/aromatic N) is 3. The van der Waals surface area contributed by atoms with Crippen LogP contribution in [-0.4, -0.2) is 43.8 Å². The highest BCUT2D eigenvalue weighted by atomic mass is 32.2. The zero-order valence-electron chi connectivity index (χ0n) is 22.1. The second-order valence-electron chi connectivity index (χ2n) is 10.9. The van der Waals surface area contributed by atoms with Crippen LogP contribution in [0.2, 0.25) is 0 Å². The van der Waals surface area contributed by atoms with Gasteiger partial charge in [0.05, 0.1) is 6.04 Å². The van der Waals surface area contributed by atoms with E-state index in [2.05, 4.69) is 4.52 Å². The maximum absolute atomic E-state index is 15.4. The van der Waals surface area contributed by atoms with Crippen LogP contribution in [0.1, 0.15) is 65.3 Å². The van der Waals surface area contributed by atoms with Crippen LogP contribution in [0.4, 0.5) is 8.78 Å². The molecule has 4 aliphatic rings. The first-order valence-electron chi connectivity index (χ1n) is 13.5. The third-order valence-electron chi connectivity index (χ3n) is 8.55. The zero-order valence-corrected chi connectivity index (χ0v) is 23.8. The summed E-state index contributed by atoms with van der Waals surface area (Å²) in [5.74, 6) is -2.54. The van der Waals surface area contributed by atoms with Gasteiger partial charge in [-0.3, -0.25) is 19.3 Å². The van der Waals surface area contributed by atoms with E-state index in [0.717, 1.165) is 42.2 Å². The molecule has 4 heterocycles. The molecule has 14 heteroatoms. The van der Waals surface area contributed by atoms with Gasteiger partial charge in [0.2, 0.25) is 18.0 Å². The fourth-order valence-corrected chi connectivity index (χ4v) is 7.92. The molecule has 2 fully saturated rings. The van der Waals surface area contributed by atoms with E-state index in [1.165, 1.54) is 28.7 Å². The van der Waals surface area contributed by atoms with Gasteiger partial charge in [-0.15, -0.1) is 11.8 Å². The maximum atomic E-state index is 15.4. The second-order valence-corrected chi connectivity index (χ2v) is 13.2. The van der Waals surface area contributed by atoms with E-state index in [1.807, 2.05) is 29.3 Å². The van der Waals surface area contributed by atoms with E-state index in [-0.39, 0.29) is 17.0 Å². The average Bonchev–Trinajstić information content (AvgIpc) is 3.74. The predicted octanol–water partition coefficient (Wildman–Crippen LogP) is 4.40. The first-order valence-corrected chi connectivity index (χ1v) is 16.0. The van der Waals surface area contributed by atoms with Crippen LogP contribution < -0.4 is 15.2 Å². The maximum Gasteiger partial charge on any atom is 0.472 e. The first-order chi connectivity index (χ1) is 20.1. The van der Waals surface area contributed by atoms with Crippen molar-refractivity contribution in [1.82, 2.24) is 9.58 Å². The fourth-order valence-electron chi connectivity index (χ4n) is 6.61. The van der Waals surface area contributed by atoms with Crippen molar-refractivity contribution in [3.63, 3.8) is 0 Å². The molecular formula is C28H26F2N3O7PS. The number of hydrogen-bond acceptors (Lipinski definition) is 7. The van der Waals surface area contributed by atoms with Crippen molar-refractivity contribution in [2.45, 2.75) is 60.5 Å². The topological polar surface area (TPSA) is 122 Å². The van der Waals surface area contributed by atoms with Crippen LogP contribution >= 0.6 is 19.6 Å². The summed E-state index contributed by atoms with van der Waals surface area (Å²) in [5.41, 5.74) is 0.372. The molecule has 1 saturated carbocycles. The molecule has 2 N–H and O–H groups in total. The number of halogens is 2. The highest BCUT2D eigenvalue weighted by Gasteiger charge is 2.59. The van der Waals surface area contributed by atoms with Gasteiger partial charge in [0, 0.05) is 34.0 Å². The van der Waals surface area contributed by atoms with Gasteiger partial charge in [0.25, 0.3) is 5.91 Å². The molecule has 7 rings (SSSR count). The van der Waals surface area contributed by atoms with Gasteiger partial charge in [0.1, 0.15) is 6.17 Å². The second kappa shape index (κ2) is 9.92. The summed E-state index contributed by atoms with van der Waals surface area (Å²) < 4.78 is 52.6. The number of thioether (sulfide) groups is 1. The average molecular weight is 618 g/mol. The molecular weight excluding hydrogens is 591 g/mol. The van der Waals surface area contributed by atoms with E-state index in [1.54, 1.807) is 11.0 Å². The van der Waals surface area contributed by atoms with E-state index in [4.69, 9.17) is 14.5 Å². The Morgan fingerprint density at radius 2 is 1.83 bits per heavy atom. The van der Waals surface area contributed by atoms with Crippen LogP contribution in [-0.2, 0) is 14.8 Å². The summed E-state index contributed by atoms with van der Waals surface area (Å²) in [6.07, 6.45) is 4.76. The summed E-state index contributed by atoms with van der Waals surface area (Å²) in [6.45, 7) is -0.964. The van der Waals surface area contributed by atoms with Crippen LogP contribution in [0.5, 0.6) is 5.75 Å². The molecule has 3 aromatic rings. The number of piperidine rings is 1. The van der Waals surface area contributed by atoms with Gasteiger partial charge in [-0.05, 0) is 55.4 Å². The Labute approximate surface area is 243 Å². The number of phosphoric ester groups is 1. The lowest BCUT2D eigenvalue weighted by molar-refractivity contribution is 0.0189. The highest BCUT2D eigenvalue weighted by molar-refractivity contribution is 7.98. The molecule has 2 aromatic carbocycles. The minimum Gasteiger partial charge on any atom is -0.460 e. The molecule has 1 aromatic heterocycles. The van der Waals surface area contributed by atoms with Crippen molar-refractivity contribution in [2.24, 2.45) is 0 Å². The van der Waals surface area contributed by atoms with Crippen LogP contribution in [0.3, 0.4) is 0 Å². The normalized spacial score (nSPS) is 22.1. The zero-order chi connectivity index (χ0) is 29.4. The Morgan fingerprint density at radius 1 is 1.05 bits per heavy atom.